The molecule has 0 amide bonds. The molecule has 0 radical (unpaired) electrons. The van der Waals surface area contributed by atoms with Gasteiger partial charge in [0.2, 0.25) is 0 Å². The van der Waals surface area contributed by atoms with Gasteiger partial charge in [0, 0.05) is 17.5 Å². The SMILES string of the molecule is CCCCc1cc(S(C)(=O)=O)c(C)c(=O)n1CN. The molecule has 5 nitrogen and oxygen atoms in total. The Morgan fingerprint density at radius 2 is 2.00 bits per heavy atom. The Morgan fingerprint density at radius 3 is 2.44 bits per heavy atom. The molecule has 0 aromatic carbocycles. The molecule has 1 aromatic rings. The molecule has 102 valence electrons. The third kappa shape index (κ3) is 3.00. The second-order valence-corrected chi connectivity index (χ2v) is 6.40. The van der Waals surface area contributed by atoms with E-state index in [-0.39, 0.29) is 22.7 Å². The summed E-state index contributed by atoms with van der Waals surface area (Å²) >= 11 is 0. The standard InChI is InChI=1S/C12H20N2O3S/c1-4-5-6-10-7-11(18(3,16)17)9(2)12(15)14(10)8-13/h7H,4-6,8,13H2,1-3H3. The van der Waals surface area contributed by atoms with Gasteiger partial charge in [0.05, 0.1) is 11.6 Å². The average molecular weight is 272 g/mol. The highest BCUT2D eigenvalue weighted by atomic mass is 32.2. The van der Waals surface area contributed by atoms with E-state index in [4.69, 9.17) is 5.73 Å². The van der Waals surface area contributed by atoms with Crippen LogP contribution in [0.1, 0.15) is 31.0 Å². The predicted octanol–water partition coefficient (Wildman–Crippen LogP) is 0.819. The van der Waals surface area contributed by atoms with E-state index < -0.39 is 9.84 Å². The fourth-order valence-electron chi connectivity index (χ4n) is 1.93. The summed E-state index contributed by atoms with van der Waals surface area (Å²) in [6.07, 6.45) is 3.64. The van der Waals surface area contributed by atoms with Gasteiger partial charge in [0.1, 0.15) is 0 Å². The maximum absolute atomic E-state index is 12.1. The molecule has 0 saturated heterocycles. The lowest BCUT2D eigenvalue weighted by Gasteiger charge is -2.14. The van der Waals surface area contributed by atoms with Gasteiger partial charge in [-0.3, -0.25) is 9.36 Å². The van der Waals surface area contributed by atoms with Gasteiger partial charge in [-0.1, -0.05) is 13.3 Å². The van der Waals surface area contributed by atoms with Crippen LogP contribution in [0.3, 0.4) is 0 Å². The first-order valence-corrected chi connectivity index (χ1v) is 7.85. The van der Waals surface area contributed by atoms with Crippen molar-refractivity contribution in [2.24, 2.45) is 5.73 Å². The van der Waals surface area contributed by atoms with Crippen molar-refractivity contribution in [3.63, 3.8) is 0 Å². The van der Waals surface area contributed by atoms with Gasteiger partial charge >= 0.3 is 0 Å². The molecule has 0 atom stereocenters. The summed E-state index contributed by atoms with van der Waals surface area (Å²) in [5.41, 5.74) is 6.18. The van der Waals surface area contributed by atoms with Crippen molar-refractivity contribution in [2.45, 2.75) is 44.7 Å². The van der Waals surface area contributed by atoms with Crippen LogP contribution in [0.4, 0.5) is 0 Å². The molecule has 0 saturated carbocycles. The lowest BCUT2D eigenvalue weighted by molar-refractivity contribution is 0.593. The lowest BCUT2D eigenvalue weighted by Crippen LogP contribution is -2.30. The number of hydrogen-bond acceptors (Lipinski definition) is 4. The van der Waals surface area contributed by atoms with Crippen molar-refractivity contribution in [3.05, 3.63) is 27.7 Å². The minimum absolute atomic E-state index is 0.0722. The molecule has 0 spiro atoms. The van der Waals surface area contributed by atoms with E-state index in [9.17, 15) is 13.2 Å². The van der Waals surface area contributed by atoms with Crippen LogP contribution in [0.5, 0.6) is 0 Å². The Hall–Kier alpha value is -1.14. The van der Waals surface area contributed by atoms with Gasteiger partial charge in [-0.05, 0) is 25.8 Å². The maximum atomic E-state index is 12.1. The van der Waals surface area contributed by atoms with Gasteiger partial charge in [0.25, 0.3) is 5.56 Å². The second-order valence-electron chi connectivity index (χ2n) is 4.42. The first kappa shape index (κ1) is 14.9. The molecule has 1 aromatic heterocycles. The Kier molecular flexibility index (Phi) is 4.70. The number of nitrogens with two attached hydrogens (primary N) is 1. The molecule has 2 N–H and O–H groups in total. The van der Waals surface area contributed by atoms with Gasteiger partial charge in [-0.2, -0.15) is 0 Å². The number of aryl methyl sites for hydroxylation is 1. The van der Waals surface area contributed by atoms with E-state index in [0.29, 0.717) is 12.1 Å². The Bertz CT molecular complexity index is 588. The number of unbranched alkanes of at least 4 members (excludes halogenated alkanes) is 1. The first-order valence-electron chi connectivity index (χ1n) is 5.96. The maximum Gasteiger partial charge on any atom is 0.256 e. The monoisotopic (exact) mass is 272 g/mol. The Balaban J connectivity index is 3.51. The van der Waals surface area contributed by atoms with E-state index in [2.05, 4.69) is 0 Å². The molecule has 1 rings (SSSR count). The summed E-state index contributed by atoms with van der Waals surface area (Å²) in [6.45, 7) is 3.63. The Morgan fingerprint density at radius 1 is 1.39 bits per heavy atom. The first-order chi connectivity index (χ1) is 8.32. The summed E-state index contributed by atoms with van der Waals surface area (Å²) in [6, 6.07) is 1.58. The fourth-order valence-corrected chi connectivity index (χ4v) is 2.92. The summed E-state index contributed by atoms with van der Waals surface area (Å²) in [5, 5.41) is 0. The van der Waals surface area contributed by atoms with E-state index in [0.717, 1.165) is 19.1 Å². The number of pyridine rings is 1. The molecule has 0 aliphatic heterocycles. The smallest absolute Gasteiger partial charge is 0.256 e. The molecule has 0 fully saturated rings. The van der Waals surface area contributed by atoms with Gasteiger partial charge in [-0.15, -0.1) is 0 Å². The van der Waals surface area contributed by atoms with Crippen molar-refractivity contribution < 1.29 is 8.42 Å². The van der Waals surface area contributed by atoms with Gasteiger partial charge in [-0.25, -0.2) is 8.42 Å². The average Bonchev–Trinajstić information content (AvgIpc) is 2.28. The van der Waals surface area contributed by atoms with Crippen molar-refractivity contribution in [1.82, 2.24) is 4.57 Å². The lowest BCUT2D eigenvalue weighted by atomic mass is 10.1. The summed E-state index contributed by atoms with van der Waals surface area (Å²) in [4.78, 5) is 12.2. The number of nitrogens with zero attached hydrogens (tertiary/aromatic N) is 1. The van der Waals surface area contributed by atoms with E-state index in [1.165, 1.54) is 11.5 Å². The van der Waals surface area contributed by atoms with Crippen LogP contribution in [0, 0.1) is 6.92 Å². The van der Waals surface area contributed by atoms with Crippen LogP contribution in [0.25, 0.3) is 0 Å². The molecule has 0 unspecified atom stereocenters. The van der Waals surface area contributed by atoms with Gasteiger partial charge in [0.15, 0.2) is 9.84 Å². The molecular weight excluding hydrogens is 252 g/mol. The highest BCUT2D eigenvalue weighted by Crippen LogP contribution is 2.15. The van der Waals surface area contributed by atoms with Crippen LogP contribution >= 0.6 is 0 Å². The second kappa shape index (κ2) is 5.67. The quantitative estimate of drug-likeness (QED) is 0.860. The van der Waals surface area contributed by atoms with Crippen LogP contribution in [0.2, 0.25) is 0 Å². The number of aromatic nitrogens is 1. The van der Waals surface area contributed by atoms with Crippen LogP contribution in [-0.2, 0) is 22.9 Å². The van der Waals surface area contributed by atoms with Crippen LogP contribution in [-0.4, -0.2) is 19.2 Å². The third-order valence-corrected chi connectivity index (χ3v) is 4.17. The van der Waals surface area contributed by atoms with Crippen molar-refractivity contribution in [1.29, 1.82) is 0 Å². The highest BCUT2D eigenvalue weighted by Gasteiger charge is 2.17. The number of rotatable bonds is 5. The number of sulfone groups is 1. The normalized spacial score (nSPS) is 11.8. The highest BCUT2D eigenvalue weighted by molar-refractivity contribution is 7.90. The van der Waals surface area contributed by atoms with E-state index in [1.807, 2.05) is 6.92 Å². The van der Waals surface area contributed by atoms with E-state index in [1.54, 1.807) is 6.07 Å². The molecule has 1 heterocycles. The zero-order valence-corrected chi connectivity index (χ0v) is 11.9. The van der Waals surface area contributed by atoms with Crippen molar-refractivity contribution >= 4 is 9.84 Å². The zero-order chi connectivity index (χ0) is 13.9. The predicted molar refractivity (Wildman–Crippen MR) is 71.3 cm³/mol. The molecule has 0 aliphatic carbocycles. The van der Waals surface area contributed by atoms with E-state index >= 15 is 0 Å². The largest absolute Gasteiger partial charge is 0.313 e. The van der Waals surface area contributed by atoms with Gasteiger partial charge < -0.3 is 5.73 Å². The van der Waals surface area contributed by atoms with Crippen molar-refractivity contribution in [3.8, 4) is 0 Å². The summed E-state index contributed by atoms with van der Waals surface area (Å²) in [5.74, 6) is 0. The topological polar surface area (TPSA) is 82.2 Å². The third-order valence-electron chi connectivity index (χ3n) is 2.95. The number of hydrogen-bond donors (Lipinski definition) is 1. The van der Waals surface area contributed by atoms with Crippen LogP contribution in [0.15, 0.2) is 15.8 Å². The summed E-state index contributed by atoms with van der Waals surface area (Å²) < 4.78 is 24.7. The zero-order valence-electron chi connectivity index (χ0n) is 11.1. The molecule has 18 heavy (non-hydrogen) atoms. The minimum Gasteiger partial charge on any atom is -0.313 e. The van der Waals surface area contributed by atoms with Crippen molar-refractivity contribution in [2.75, 3.05) is 6.26 Å². The molecular formula is C12H20N2O3S. The fraction of sp³-hybridized carbons (Fsp3) is 0.583. The minimum atomic E-state index is -3.38. The molecule has 6 heteroatoms. The van der Waals surface area contributed by atoms with Crippen LogP contribution < -0.4 is 11.3 Å². The molecule has 0 aliphatic rings. The Labute approximate surface area is 108 Å². The molecule has 0 bridgehead atoms. The summed E-state index contributed by atoms with van der Waals surface area (Å²) in [7, 11) is -3.38.